The Bertz CT molecular complexity index is 1530. The zero-order valence-electron chi connectivity index (χ0n) is 19.6. The molecular formula is C27H24N6O2. The van der Waals surface area contributed by atoms with Crippen LogP contribution in [-0.2, 0) is 0 Å². The fraction of sp³-hybridized carbons (Fsp3) is 0.111. The highest BCUT2D eigenvalue weighted by Gasteiger charge is 2.10. The summed E-state index contributed by atoms with van der Waals surface area (Å²) in [5.74, 6) is 2.22. The van der Waals surface area contributed by atoms with Crippen LogP contribution in [0.1, 0.15) is 17.2 Å². The van der Waals surface area contributed by atoms with Gasteiger partial charge < -0.3 is 15.4 Å². The molecule has 2 amide bonds. The monoisotopic (exact) mass is 464 g/mol. The third kappa shape index (κ3) is 5.11. The van der Waals surface area contributed by atoms with Crippen LogP contribution in [0.2, 0.25) is 0 Å². The number of rotatable bonds is 5. The number of urea groups is 1. The van der Waals surface area contributed by atoms with Crippen molar-refractivity contribution in [3.05, 3.63) is 96.1 Å². The topological polar surface area (TPSA) is 94.0 Å². The number of nitrogens with zero attached hydrogens (tertiary/aromatic N) is 4. The van der Waals surface area contributed by atoms with Gasteiger partial charge in [-0.2, -0.15) is 10.1 Å². The van der Waals surface area contributed by atoms with Gasteiger partial charge in [0.2, 0.25) is 5.88 Å². The van der Waals surface area contributed by atoms with E-state index in [2.05, 4.69) is 25.7 Å². The van der Waals surface area contributed by atoms with Gasteiger partial charge in [-0.3, -0.25) is 0 Å². The third-order valence-electron chi connectivity index (χ3n) is 5.37. The van der Waals surface area contributed by atoms with Gasteiger partial charge in [0.1, 0.15) is 11.6 Å². The van der Waals surface area contributed by atoms with E-state index in [1.54, 1.807) is 35.0 Å². The molecule has 35 heavy (non-hydrogen) atoms. The number of aryl methyl sites for hydroxylation is 3. The van der Waals surface area contributed by atoms with Gasteiger partial charge in [0.25, 0.3) is 0 Å². The number of anilines is 2. The van der Waals surface area contributed by atoms with E-state index in [-0.39, 0.29) is 6.03 Å². The van der Waals surface area contributed by atoms with Gasteiger partial charge >= 0.3 is 6.03 Å². The van der Waals surface area contributed by atoms with Crippen molar-refractivity contribution in [2.75, 3.05) is 10.6 Å². The summed E-state index contributed by atoms with van der Waals surface area (Å²) in [6.07, 6.45) is 0. The fourth-order valence-corrected chi connectivity index (χ4v) is 3.83. The van der Waals surface area contributed by atoms with Gasteiger partial charge in [-0.05, 0) is 74.0 Å². The molecule has 0 unspecified atom stereocenters. The number of benzene rings is 3. The van der Waals surface area contributed by atoms with E-state index in [0.717, 1.165) is 27.8 Å². The molecule has 0 bridgehead atoms. The Morgan fingerprint density at radius 1 is 0.800 bits per heavy atom. The Balaban J connectivity index is 1.25. The Kier molecular flexibility index (Phi) is 5.85. The van der Waals surface area contributed by atoms with Crippen LogP contribution < -0.4 is 15.4 Å². The number of hydrogen-bond donors (Lipinski definition) is 2. The molecule has 0 aliphatic heterocycles. The minimum Gasteiger partial charge on any atom is -0.439 e. The lowest BCUT2D eigenvalue weighted by molar-refractivity contribution is 0.262. The number of fused-ring (bicyclic) bond motifs is 1. The molecule has 5 aromatic rings. The van der Waals surface area contributed by atoms with E-state index in [1.165, 1.54) is 0 Å². The zero-order chi connectivity index (χ0) is 24.4. The summed E-state index contributed by atoms with van der Waals surface area (Å²) in [7, 11) is 0. The second-order valence-electron chi connectivity index (χ2n) is 8.22. The predicted molar refractivity (Wildman–Crippen MR) is 136 cm³/mol. The van der Waals surface area contributed by atoms with Crippen molar-refractivity contribution in [2.45, 2.75) is 20.8 Å². The summed E-state index contributed by atoms with van der Waals surface area (Å²) in [5.41, 5.74) is 3.24. The summed E-state index contributed by atoms with van der Waals surface area (Å²) in [5, 5.41) is 12.4. The second kappa shape index (κ2) is 9.26. The molecule has 0 saturated heterocycles. The van der Waals surface area contributed by atoms with Gasteiger partial charge in [0, 0.05) is 23.1 Å². The summed E-state index contributed by atoms with van der Waals surface area (Å²) in [6.45, 7) is 5.72. The van der Waals surface area contributed by atoms with Gasteiger partial charge in [-0.25, -0.2) is 14.5 Å². The number of ether oxygens (including phenoxy) is 1. The maximum atomic E-state index is 12.5. The first kappa shape index (κ1) is 22.1. The molecule has 0 saturated carbocycles. The summed E-state index contributed by atoms with van der Waals surface area (Å²) >= 11 is 0. The minimum absolute atomic E-state index is 0.324. The minimum atomic E-state index is -0.324. The molecule has 5 rings (SSSR count). The molecule has 0 atom stereocenters. The quantitative estimate of drug-likeness (QED) is 0.324. The van der Waals surface area contributed by atoms with Gasteiger partial charge in [-0.1, -0.05) is 30.3 Å². The maximum Gasteiger partial charge on any atom is 0.323 e. The van der Waals surface area contributed by atoms with Crippen molar-refractivity contribution in [1.29, 1.82) is 0 Å². The lowest BCUT2D eigenvalue weighted by Crippen LogP contribution is -2.19. The Morgan fingerprint density at radius 3 is 2.26 bits per heavy atom. The number of carbonyl (C=O) groups is 1. The summed E-state index contributed by atoms with van der Waals surface area (Å²) in [6, 6.07) is 24.3. The van der Waals surface area contributed by atoms with E-state index in [0.29, 0.717) is 29.0 Å². The average Bonchev–Trinajstić information content (AvgIpc) is 3.17. The van der Waals surface area contributed by atoms with Crippen LogP contribution in [0, 0.1) is 20.8 Å². The average molecular weight is 465 g/mol. The van der Waals surface area contributed by atoms with Crippen LogP contribution in [0.3, 0.4) is 0 Å². The molecule has 3 aromatic carbocycles. The smallest absolute Gasteiger partial charge is 0.323 e. The standard InChI is InChI=1S/C27H24N6O2/c1-17-14-18(2)33(32-17)25-16-26(29-19(3)28-25)35-24-12-10-22(11-13-24)30-27(34)31-23-9-8-20-6-4-5-7-21(20)15-23/h4-16H,1-3H3,(H2,30,31,34). The van der Waals surface area contributed by atoms with Crippen LogP contribution >= 0.6 is 0 Å². The largest absolute Gasteiger partial charge is 0.439 e. The Morgan fingerprint density at radius 2 is 1.51 bits per heavy atom. The van der Waals surface area contributed by atoms with Crippen molar-refractivity contribution in [3.8, 4) is 17.4 Å². The number of hydrogen-bond acceptors (Lipinski definition) is 5. The molecule has 2 heterocycles. The zero-order valence-corrected chi connectivity index (χ0v) is 19.6. The highest BCUT2D eigenvalue weighted by molar-refractivity contribution is 6.01. The number of carbonyl (C=O) groups excluding carboxylic acids is 1. The van der Waals surface area contributed by atoms with Crippen molar-refractivity contribution in [2.24, 2.45) is 0 Å². The first-order valence-electron chi connectivity index (χ1n) is 11.2. The van der Waals surface area contributed by atoms with Crippen molar-refractivity contribution in [1.82, 2.24) is 19.7 Å². The lowest BCUT2D eigenvalue weighted by Gasteiger charge is -2.11. The van der Waals surface area contributed by atoms with Crippen LogP contribution in [0.5, 0.6) is 11.6 Å². The van der Waals surface area contributed by atoms with E-state index in [1.807, 2.05) is 69.3 Å². The normalized spacial score (nSPS) is 10.8. The highest BCUT2D eigenvalue weighted by atomic mass is 16.5. The first-order chi connectivity index (χ1) is 16.9. The number of aromatic nitrogens is 4. The molecule has 0 aliphatic rings. The molecule has 2 aromatic heterocycles. The van der Waals surface area contributed by atoms with Gasteiger partial charge in [0.15, 0.2) is 5.82 Å². The number of amides is 2. The van der Waals surface area contributed by atoms with Crippen LogP contribution in [0.25, 0.3) is 16.6 Å². The molecule has 8 nitrogen and oxygen atoms in total. The van der Waals surface area contributed by atoms with Crippen molar-refractivity contribution >= 4 is 28.2 Å². The summed E-state index contributed by atoms with van der Waals surface area (Å²) < 4.78 is 7.71. The van der Waals surface area contributed by atoms with E-state index < -0.39 is 0 Å². The molecule has 174 valence electrons. The third-order valence-corrected chi connectivity index (χ3v) is 5.37. The molecule has 0 aliphatic carbocycles. The van der Waals surface area contributed by atoms with Crippen molar-refractivity contribution in [3.63, 3.8) is 0 Å². The summed E-state index contributed by atoms with van der Waals surface area (Å²) in [4.78, 5) is 21.3. The molecule has 2 N–H and O–H groups in total. The van der Waals surface area contributed by atoms with Gasteiger partial charge in [-0.15, -0.1) is 0 Å². The van der Waals surface area contributed by atoms with Crippen LogP contribution in [0.15, 0.2) is 78.9 Å². The Hall–Kier alpha value is -4.72. The molecule has 8 heteroatoms. The van der Waals surface area contributed by atoms with Crippen LogP contribution in [0.4, 0.5) is 16.2 Å². The van der Waals surface area contributed by atoms with Crippen molar-refractivity contribution < 1.29 is 9.53 Å². The SMILES string of the molecule is Cc1cc(C)n(-c2cc(Oc3ccc(NC(=O)Nc4ccc5ccccc5c4)cc3)nc(C)n2)n1. The number of nitrogens with one attached hydrogen (secondary N) is 2. The molecule has 0 spiro atoms. The molecular weight excluding hydrogens is 440 g/mol. The maximum absolute atomic E-state index is 12.5. The Labute approximate surface area is 202 Å². The first-order valence-corrected chi connectivity index (χ1v) is 11.2. The van der Waals surface area contributed by atoms with E-state index in [4.69, 9.17) is 4.74 Å². The molecule has 0 radical (unpaired) electrons. The second-order valence-corrected chi connectivity index (χ2v) is 8.22. The van der Waals surface area contributed by atoms with Gasteiger partial charge in [0.05, 0.1) is 5.69 Å². The molecule has 0 fully saturated rings. The van der Waals surface area contributed by atoms with Crippen LogP contribution in [-0.4, -0.2) is 25.8 Å². The van der Waals surface area contributed by atoms with E-state index in [9.17, 15) is 4.79 Å². The fourth-order valence-electron chi connectivity index (χ4n) is 3.83. The lowest BCUT2D eigenvalue weighted by atomic mass is 10.1. The van der Waals surface area contributed by atoms with E-state index >= 15 is 0 Å². The predicted octanol–water partition coefficient (Wildman–Crippen LogP) is 6.18. The highest BCUT2D eigenvalue weighted by Crippen LogP contribution is 2.24.